The standard InChI is InChI=1S/C16H19FN4O/c1-20-7-6-19-16(20)14-11-18-5-8-21(14)15(22)10-12-3-2-4-13(17)9-12/h2-4,6-7,9,14,18H,5,8,10-11H2,1H3. The number of carbonyl (C=O) groups excluding carboxylic acids is 1. The van der Waals surface area contributed by atoms with Gasteiger partial charge in [0.1, 0.15) is 17.7 Å². The van der Waals surface area contributed by atoms with Crippen molar-refractivity contribution >= 4 is 5.91 Å². The van der Waals surface area contributed by atoms with Gasteiger partial charge in [-0.2, -0.15) is 0 Å². The SMILES string of the molecule is Cn1ccnc1C1CNCCN1C(=O)Cc1cccc(F)c1. The van der Waals surface area contributed by atoms with E-state index in [0.717, 1.165) is 12.4 Å². The smallest absolute Gasteiger partial charge is 0.227 e. The zero-order valence-corrected chi connectivity index (χ0v) is 12.5. The van der Waals surface area contributed by atoms with Crippen LogP contribution >= 0.6 is 0 Å². The van der Waals surface area contributed by atoms with Gasteiger partial charge in [0.25, 0.3) is 0 Å². The van der Waals surface area contributed by atoms with Crippen LogP contribution in [0.25, 0.3) is 0 Å². The van der Waals surface area contributed by atoms with E-state index >= 15 is 0 Å². The van der Waals surface area contributed by atoms with Gasteiger partial charge in [0.15, 0.2) is 0 Å². The van der Waals surface area contributed by atoms with Crippen LogP contribution in [-0.2, 0) is 18.3 Å². The van der Waals surface area contributed by atoms with Crippen LogP contribution in [0.4, 0.5) is 4.39 Å². The molecule has 2 aromatic rings. The maximum Gasteiger partial charge on any atom is 0.227 e. The molecule has 1 aliphatic heterocycles. The first kappa shape index (κ1) is 14.7. The van der Waals surface area contributed by atoms with Gasteiger partial charge in [-0.1, -0.05) is 12.1 Å². The molecule has 1 aromatic heterocycles. The summed E-state index contributed by atoms with van der Waals surface area (Å²) in [5, 5.41) is 3.30. The predicted molar refractivity (Wildman–Crippen MR) is 80.6 cm³/mol. The number of aryl methyl sites for hydroxylation is 1. The topological polar surface area (TPSA) is 50.2 Å². The van der Waals surface area contributed by atoms with Gasteiger partial charge in [0.2, 0.25) is 5.91 Å². The average Bonchev–Trinajstić information content (AvgIpc) is 2.93. The van der Waals surface area contributed by atoms with Crippen molar-refractivity contribution in [3.63, 3.8) is 0 Å². The van der Waals surface area contributed by atoms with Crippen LogP contribution in [0.5, 0.6) is 0 Å². The molecule has 0 spiro atoms. The van der Waals surface area contributed by atoms with Gasteiger partial charge < -0.3 is 14.8 Å². The number of imidazole rings is 1. The number of rotatable bonds is 3. The number of benzene rings is 1. The van der Waals surface area contributed by atoms with Gasteiger partial charge in [0, 0.05) is 39.1 Å². The average molecular weight is 302 g/mol. The molecule has 1 fully saturated rings. The first-order chi connectivity index (χ1) is 10.6. The summed E-state index contributed by atoms with van der Waals surface area (Å²) in [5.74, 6) is 0.547. The van der Waals surface area contributed by atoms with E-state index in [2.05, 4.69) is 10.3 Å². The lowest BCUT2D eigenvalue weighted by Crippen LogP contribution is -2.49. The molecule has 3 rings (SSSR count). The van der Waals surface area contributed by atoms with Crippen molar-refractivity contribution in [3.8, 4) is 0 Å². The number of carbonyl (C=O) groups is 1. The summed E-state index contributed by atoms with van der Waals surface area (Å²) in [6, 6.07) is 6.12. The van der Waals surface area contributed by atoms with Gasteiger partial charge in [-0.15, -0.1) is 0 Å². The molecule has 6 heteroatoms. The molecule has 1 atom stereocenters. The summed E-state index contributed by atoms with van der Waals surface area (Å²) in [7, 11) is 1.92. The summed E-state index contributed by atoms with van der Waals surface area (Å²) in [6.07, 6.45) is 3.82. The van der Waals surface area contributed by atoms with Gasteiger partial charge >= 0.3 is 0 Å². The fraction of sp³-hybridized carbons (Fsp3) is 0.375. The number of hydrogen-bond acceptors (Lipinski definition) is 3. The van der Waals surface area contributed by atoms with E-state index in [9.17, 15) is 9.18 Å². The van der Waals surface area contributed by atoms with E-state index in [1.165, 1.54) is 12.1 Å². The van der Waals surface area contributed by atoms with Crippen LogP contribution in [0, 0.1) is 5.82 Å². The molecule has 0 saturated carbocycles. The Kier molecular flexibility index (Phi) is 4.20. The van der Waals surface area contributed by atoms with Crippen molar-refractivity contribution in [1.29, 1.82) is 0 Å². The Labute approximate surface area is 128 Å². The third-order valence-corrected chi connectivity index (χ3v) is 3.96. The number of nitrogens with one attached hydrogen (secondary N) is 1. The maximum absolute atomic E-state index is 13.3. The summed E-state index contributed by atoms with van der Waals surface area (Å²) >= 11 is 0. The summed E-state index contributed by atoms with van der Waals surface area (Å²) < 4.78 is 15.2. The molecule has 22 heavy (non-hydrogen) atoms. The molecule has 0 radical (unpaired) electrons. The van der Waals surface area contributed by atoms with Crippen LogP contribution in [0.3, 0.4) is 0 Å². The maximum atomic E-state index is 13.3. The van der Waals surface area contributed by atoms with E-state index in [1.54, 1.807) is 18.3 Å². The van der Waals surface area contributed by atoms with Crippen LogP contribution in [-0.4, -0.2) is 40.0 Å². The number of nitrogens with zero attached hydrogens (tertiary/aromatic N) is 3. The number of amides is 1. The zero-order chi connectivity index (χ0) is 15.5. The fourth-order valence-corrected chi connectivity index (χ4v) is 2.85. The van der Waals surface area contributed by atoms with E-state index in [0.29, 0.717) is 18.7 Å². The Morgan fingerprint density at radius 3 is 3.09 bits per heavy atom. The monoisotopic (exact) mass is 302 g/mol. The molecule has 116 valence electrons. The molecule has 1 amide bonds. The highest BCUT2D eigenvalue weighted by molar-refractivity contribution is 5.79. The second-order valence-electron chi connectivity index (χ2n) is 5.51. The normalized spacial score (nSPS) is 18.5. The van der Waals surface area contributed by atoms with E-state index in [1.807, 2.05) is 22.7 Å². The molecule has 1 aliphatic rings. The largest absolute Gasteiger partial charge is 0.336 e. The van der Waals surface area contributed by atoms with Crippen LogP contribution in [0.1, 0.15) is 17.4 Å². The summed E-state index contributed by atoms with van der Waals surface area (Å²) in [6.45, 7) is 2.07. The molecule has 5 nitrogen and oxygen atoms in total. The third kappa shape index (κ3) is 3.01. The number of aromatic nitrogens is 2. The molecule has 1 unspecified atom stereocenters. The van der Waals surface area contributed by atoms with Crippen molar-refractivity contribution in [2.45, 2.75) is 12.5 Å². The number of halogens is 1. The third-order valence-electron chi connectivity index (χ3n) is 3.96. The van der Waals surface area contributed by atoms with Gasteiger partial charge in [0.05, 0.1) is 6.42 Å². The van der Waals surface area contributed by atoms with Crippen molar-refractivity contribution in [2.75, 3.05) is 19.6 Å². The number of hydrogen-bond donors (Lipinski definition) is 1. The predicted octanol–water partition coefficient (Wildman–Crippen LogP) is 1.27. The lowest BCUT2D eigenvalue weighted by atomic mass is 10.1. The molecule has 0 bridgehead atoms. The highest BCUT2D eigenvalue weighted by Gasteiger charge is 2.30. The minimum atomic E-state index is -0.314. The Morgan fingerprint density at radius 2 is 2.36 bits per heavy atom. The van der Waals surface area contributed by atoms with Gasteiger partial charge in [-0.05, 0) is 17.7 Å². The summed E-state index contributed by atoms with van der Waals surface area (Å²) in [4.78, 5) is 18.8. The highest BCUT2D eigenvalue weighted by Crippen LogP contribution is 2.21. The van der Waals surface area contributed by atoms with Crippen molar-refractivity contribution in [1.82, 2.24) is 19.8 Å². The highest BCUT2D eigenvalue weighted by atomic mass is 19.1. The van der Waals surface area contributed by atoms with Crippen LogP contribution in [0.2, 0.25) is 0 Å². The van der Waals surface area contributed by atoms with Gasteiger partial charge in [-0.25, -0.2) is 9.37 Å². The molecule has 2 heterocycles. The minimum absolute atomic E-state index is 0.0000926. The first-order valence-corrected chi connectivity index (χ1v) is 7.37. The van der Waals surface area contributed by atoms with E-state index in [-0.39, 0.29) is 24.2 Å². The molecular weight excluding hydrogens is 283 g/mol. The van der Waals surface area contributed by atoms with Crippen molar-refractivity contribution < 1.29 is 9.18 Å². The second kappa shape index (κ2) is 6.27. The number of piperazine rings is 1. The van der Waals surface area contributed by atoms with E-state index in [4.69, 9.17) is 0 Å². The molecular formula is C16H19FN4O. The minimum Gasteiger partial charge on any atom is -0.336 e. The zero-order valence-electron chi connectivity index (χ0n) is 12.5. The lowest BCUT2D eigenvalue weighted by Gasteiger charge is -2.35. The van der Waals surface area contributed by atoms with Crippen LogP contribution < -0.4 is 5.32 Å². The fourth-order valence-electron chi connectivity index (χ4n) is 2.85. The summed E-state index contributed by atoms with van der Waals surface area (Å²) in [5.41, 5.74) is 0.696. The Morgan fingerprint density at radius 1 is 1.50 bits per heavy atom. The van der Waals surface area contributed by atoms with Crippen molar-refractivity contribution in [3.05, 3.63) is 53.9 Å². The Bertz CT molecular complexity index is 670. The van der Waals surface area contributed by atoms with Crippen LogP contribution in [0.15, 0.2) is 36.7 Å². The molecule has 1 N–H and O–H groups in total. The van der Waals surface area contributed by atoms with E-state index < -0.39 is 0 Å². The molecule has 1 aromatic carbocycles. The van der Waals surface area contributed by atoms with Gasteiger partial charge in [-0.3, -0.25) is 4.79 Å². The first-order valence-electron chi connectivity index (χ1n) is 7.37. The van der Waals surface area contributed by atoms with Crippen molar-refractivity contribution in [2.24, 2.45) is 7.05 Å². The molecule has 1 saturated heterocycles. The quantitative estimate of drug-likeness (QED) is 0.929. The Balaban J connectivity index is 1.78. The molecule has 0 aliphatic carbocycles. The Hall–Kier alpha value is -2.21. The second-order valence-corrected chi connectivity index (χ2v) is 5.51. The lowest BCUT2D eigenvalue weighted by molar-refractivity contribution is -0.134.